The molecule has 0 unspecified atom stereocenters. The van der Waals surface area contributed by atoms with Crippen molar-refractivity contribution >= 4 is 13.4 Å². The minimum atomic E-state index is 0.124. The molecular formula is C8H13BN2. The van der Waals surface area contributed by atoms with Crippen molar-refractivity contribution in [2.24, 2.45) is 7.05 Å². The second-order valence-electron chi connectivity index (χ2n) is 3.83. The molecule has 0 fully saturated rings. The third-order valence-electron chi connectivity index (χ3n) is 1.67. The summed E-state index contributed by atoms with van der Waals surface area (Å²) >= 11 is 0. The lowest BCUT2D eigenvalue weighted by Crippen LogP contribution is -2.16. The van der Waals surface area contributed by atoms with E-state index in [-0.39, 0.29) is 5.41 Å². The van der Waals surface area contributed by atoms with Crippen LogP contribution in [0.25, 0.3) is 0 Å². The van der Waals surface area contributed by atoms with Crippen molar-refractivity contribution in [2.75, 3.05) is 0 Å². The van der Waals surface area contributed by atoms with E-state index in [0.717, 1.165) is 5.69 Å². The van der Waals surface area contributed by atoms with Gasteiger partial charge < -0.3 is 0 Å². The first-order valence-corrected chi connectivity index (χ1v) is 3.71. The number of rotatable bonds is 0. The summed E-state index contributed by atoms with van der Waals surface area (Å²) in [5.74, 6) is 0. The van der Waals surface area contributed by atoms with Gasteiger partial charge >= 0.3 is 0 Å². The second-order valence-corrected chi connectivity index (χ2v) is 3.83. The zero-order valence-corrected chi connectivity index (χ0v) is 7.55. The quantitative estimate of drug-likeness (QED) is 0.490. The van der Waals surface area contributed by atoms with Crippen LogP contribution in [0, 0.1) is 0 Å². The fraction of sp³-hybridized carbons (Fsp3) is 0.625. The van der Waals surface area contributed by atoms with Crippen molar-refractivity contribution < 1.29 is 0 Å². The van der Waals surface area contributed by atoms with Gasteiger partial charge in [0.15, 0.2) is 0 Å². The Labute approximate surface area is 69.0 Å². The molecular weight excluding hydrogens is 135 g/mol. The van der Waals surface area contributed by atoms with Gasteiger partial charge in [0.1, 0.15) is 7.85 Å². The summed E-state index contributed by atoms with van der Waals surface area (Å²) in [6, 6.07) is 1.92. The number of aryl methyl sites for hydroxylation is 1. The predicted molar refractivity (Wildman–Crippen MR) is 47.3 cm³/mol. The van der Waals surface area contributed by atoms with E-state index in [1.165, 1.54) is 0 Å². The Morgan fingerprint density at radius 2 is 2.00 bits per heavy atom. The highest BCUT2D eigenvalue weighted by molar-refractivity contribution is 6.30. The van der Waals surface area contributed by atoms with Crippen molar-refractivity contribution in [3.63, 3.8) is 0 Å². The van der Waals surface area contributed by atoms with Crippen LogP contribution in [0.1, 0.15) is 26.5 Å². The molecule has 0 saturated carbocycles. The number of nitrogens with zero attached hydrogens (tertiary/aromatic N) is 2. The van der Waals surface area contributed by atoms with Crippen LogP contribution < -0.4 is 5.59 Å². The normalized spacial score (nSPS) is 12.0. The molecule has 1 aromatic rings. The molecule has 1 heterocycles. The first-order valence-electron chi connectivity index (χ1n) is 3.71. The highest BCUT2D eigenvalue weighted by Crippen LogP contribution is 2.19. The zero-order chi connectivity index (χ0) is 8.65. The SMILES string of the molecule is [B]c1cc(C(C)(C)C)n(C)n1. The molecule has 2 radical (unpaired) electrons. The maximum absolute atomic E-state index is 5.54. The van der Waals surface area contributed by atoms with Crippen molar-refractivity contribution in [3.8, 4) is 0 Å². The number of hydrogen-bond donors (Lipinski definition) is 0. The Balaban J connectivity index is 3.13. The van der Waals surface area contributed by atoms with E-state index in [1.54, 1.807) is 0 Å². The van der Waals surface area contributed by atoms with E-state index in [9.17, 15) is 0 Å². The third kappa shape index (κ3) is 1.64. The molecule has 0 N–H and O–H groups in total. The minimum Gasteiger partial charge on any atom is -0.273 e. The summed E-state index contributed by atoms with van der Waals surface area (Å²) in [5.41, 5.74) is 1.88. The average molecular weight is 148 g/mol. The van der Waals surface area contributed by atoms with Crippen molar-refractivity contribution in [2.45, 2.75) is 26.2 Å². The van der Waals surface area contributed by atoms with Gasteiger partial charge in [-0.15, -0.1) is 0 Å². The molecule has 3 heteroatoms. The van der Waals surface area contributed by atoms with Gasteiger partial charge in [-0.25, -0.2) is 0 Å². The largest absolute Gasteiger partial charge is 0.273 e. The van der Waals surface area contributed by atoms with Gasteiger partial charge in [-0.05, 0) is 6.07 Å². The van der Waals surface area contributed by atoms with Crippen LogP contribution in [0.15, 0.2) is 6.07 Å². The van der Waals surface area contributed by atoms with Crippen molar-refractivity contribution in [1.29, 1.82) is 0 Å². The fourth-order valence-corrected chi connectivity index (χ4v) is 1.19. The highest BCUT2D eigenvalue weighted by atomic mass is 15.3. The lowest BCUT2D eigenvalue weighted by molar-refractivity contribution is 0.523. The average Bonchev–Trinajstić information content (AvgIpc) is 2.08. The van der Waals surface area contributed by atoms with E-state index >= 15 is 0 Å². The Morgan fingerprint density at radius 1 is 1.45 bits per heavy atom. The highest BCUT2D eigenvalue weighted by Gasteiger charge is 2.17. The topological polar surface area (TPSA) is 17.8 Å². The Kier molecular flexibility index (Phi) is 1.82. The molecule has 0 amide bonds. The first-order chi connectivity index (χ1) is 4.91. The van der Waals surface area contributed by atoms with Gasteiger partial charge in [-0.2, -0.15) is 5.10 Å². The molecule has 0 atom stereocenters. The van der Waals surface area contributed by atoms with Gasteiger partial charge in [0.05, 0.1) is 0 Å². The Bertz CT molecular complexity index is 258. The van der Waals surface area contributed by atoms with E-state index in [2.05, 4.69) is 25.9 Å². The lowest BCUT2D eigenvalue weighted by Gasteiger charge is -2.17. The summed E-state index contributed by atoms with van der Waals surface area (Å²) in [6.45, 7) is 6.43. The molecule has 0 aliphatic carbocycles. The summed E-state index contributed by atoms with van der Waals surface area (Å²) in [6.07, 6.45) is 0. The molecule has 0 aliphatic rings. The molecule has 2 nitrogen and oxygen atoms in total. The molecule has 0 aromatic carbocycles. The fourth-order valence-electron chi connectivity index (χ4n) is 1.19. The summed E-state index contributed by atoms with van der Waals surface area (Å²) < 4.78 is 1.83. The van der Waals surface area contributed by atoms with E-state index in [0.29, 0.717) is 5.59 Å². The van der Waals surface area contributed by atoms with Gasteiger partial charge in [0.2, 0.25) is 0 Å². The molecule has 58 valence electrons. The first kappa shape index (κ1) is 8.37. The van der Waals surface area contributed by atoms with Gasteiger partial charge in [-0.1, -0.05) is 20.8 Å². The van der Waals surface area contributed by atoms with Crippen molar-refractivity contribution in [1.82, 2.24) is 9.78 Å². The summed E-state index contributed by atoms with van der Waals surface area (Å²) in [7, 11) is 7.46. The Morgan fingerprint density at radius 3 is 2.18 bits per heavy atom. The molecule has 1 aromatic heterocycles. The monoisotopic (exact) mass is 148 g/mol. The van der Waals surface area contributed by atoms with Crippen LogP contribution in [0.5, 0.6) is 0 Å². The molecule has 0 spiro atoms. The molecule has 0 bridgehead atoms. The van der Waals surface area contributed by atoms with E-state index in [1.807, 2.05) is 17.8 Å². The maximum atomic E-state index is 5.54. The number of hydrogen-bond acceptors (Lipinski definition) is 1. The summed E-state index contributed by atoms with van der Waals surface area (Å²) in [4.78, 5) is 0. The lowest BCUT2D eigenvalue weighted by atomic mass is 9.90. The number of aromatic nitrogens is 2. The Hall–Kier alpha value is -0.725. The minimum absolute atomic E-state index is 0.124. The smallest absolute Gasteiger partial charge is 0.144 e. The van der Waals surface area contributed by atoms with Gasteiger partial charge in [0.25, 0.3) is 0 Å². The van der Waals surface area contributed by atoms with Crippen molar-refractivity contribution in [3.05, 3.63) is 11.8 Å². The van der Waals surface area contributed by atoms with E-state index in [4.69, 9.17) is 7.85 Å². The molecule has 11 heavy (non-hydrogen) atoms. The van der Waals surface area contributed by atoms with Crippen LogP contribution in [-0.2, 0) is 12.5 Å². The van der Waals surface area contributed by atoms with E-state index < -0.39 is 0 Å². The second kappa shape index (κ2) is 2.40. The van der Waals surface area contributed by atoms with Crippen LogP contribution in [0.2, 0.25) is 0 Å². The van der Waals surface area contributed by atoms with Crippen LogP contribution in [-0.4, -0.2) is 17.6 Å². The third-order valence-corrected chi connectivity index (χ3v) is 1.67. The molecule has 0 saturated heterocycles. The standard InChI is InChI=1S/C8H13BN2/c1-8(2,3)6-5-7(9)10-11(6)4/h5H,1-4H3. The van der Waals surface area contributed by atoms with Gasteiger partial charge in [-0.3, -0.25) is 4.68 Å². The zero-order valence-electron chi connectivity index (χ0n) is 7.55. The molecule has 0 aliphatic heterocycles. The van der Waals surface area contributed by atoms with Crippen LogP contribution in [0.4, 0.5) is 0 Å². The predicted octanol–water partition coefficient (Wildman–Crippen LogP) is 0.511. The molecule has 1 rings (SSSR count). The summed E-state index contributed by atoms with van der Waals surface area (Å²) in [5, 5.41) is 4.07. The maximum Gasteiger partial charge on any atom is 0.144 e. The van der Waals surface area contributed by atoms with Crippen LogP contribution >= 0.6 is 0 Å². The van der Waals surface area contributed by atoms with Gasteiger partial charge in [0, 0.05) is 23.7 Å². The van der Waals surface area contributed by atoms with Crippen LogP contribution in [0.3, 0.4) is 0 Å².